The molecule has 0 fully saturated rings. The zero-order valence-electron chi connectivity index (χ0n) is 31.7. The Labute approximate surface area is 309 Å². The molecule has 2 atom stereocenters. The molecule has 0 aliphatic rings. The van der Waals surface area contributed by atoms with Crippen LogP contribution >= 0.6 is 7.82 Å². The fraction of sp³-hybridized carbons (Fsp3) is 0.659. The van der Waals surface area contributed by atoms with Crippen LogP contribution in [0.2, 0.25) is 0 Å². The van der Waals surface area contributed by atoms with Gasteiger partial charge in [-0.2, -0.15) is 0 Å². The van der Waals surface area contributed by atoms with Crippen molar-refractivity contribution in [2.75, 3.05) is 13.2 Å². The Hall–Kier alpha value is -2.55. The number of hydrogen-bond donors (Lipinski definition) is 3. The van der Waals surface area contributed by atoms with Gasteiger partial charge in [0.2, 0.25) is 0 Å². The third-order valence-corrected chi connectivity index (χ3v) is 8.25. The van der Waals surface area contributed by atoms with Gasteiger partial charge in [-0.1, -0.05) is 158 Å². The summed E-state index contributed by atoms with van der Waals surface area (Å²) in [7, 11) is -4.79. The molecule has 1 unspecified atom stereocenters. The highest BCUT2D eigenvalue weighted by Gasteiger charge is 2.22. The van der Waals surface area contributed by atoms with Gasteiger partial charge in [-0.3, -0.25) is 14.1 Å². The van der Waals surface area contributed by atoms with Crippen LogP contribution in [0.1, 0.15) is 143 Å². The molecule has 0 aromatic carbocycles. The smallest absolute Gasteiger partial charge is 0.462 e. The van der Waals surface area contributed by atoms with Gasteiger partial charge in [0.15, 0.2) is 6.10 Å². The number of carbonyl (C=O) groups is 2. The van der Waals surface area contributed by atoms with Crippen molar-refractivity contribution in [2.24, 2.45) is 5.92 Å². The molecule has 0 aliphatic carbocycles. The molecule has 0 heterocycles. The summed E-state index contributed by atoms with van der Waals surface area (Å²) in [5.74, 6) is -0.228. The van der Waals surface area contributed by atoms with Crippen LogP contribution in [0.4, 0.5) is 0 Å². The number of aliphatic hydroxyl groups is 1. The standard InChI is InChI=1S/C41H69O9P/c1-4-5-6-7-21-26-31-38(42)32-27-22-17-13-9-11-15-19-24-29-34-41(44)50-39(36-49-51(45,46)47)35-48-40(43)33-28-23-18-14-10-8-12-16-20-25-30-37(2)3/h5-6,9,11,17,19,21-22,24,26-27,32,37-39,42H,4,7-8,10,12-16,18,20,23,25,28-31,33-36H2,1-3H3,(H2,45,46,47)/b6-5-,11-9-,22-17-,24-19-,26-21-,32-27+/t38?,39-/m1/s1. The van der Waals surface area contributed by atoms with Crippen LogP contribution in [-0.4, -0.2) is 52.3 Å². The predicted octanol–water partition coefficient (Wildman–Crippen LogP) is 10.3. The van der Waals surface area contributed by atoms with E-state index in [2.05, 4.69) is 43.5 Å². The first-order valence-electron chi connectivity index (χ1n) is 19.2. The number of allylic oxidation sites excluding steroid dienone is 10. The van der Waals surface area contributed by atoms with Crippen molar-refractivity contribution < 1.29 is 43.0 Å². The normalized spacial score (nSPS) is 14.0. The minimum absolute atomic E-state index is 0.0608. The lowest BCUT2D eigenvalue weighted by atomic mass is 10.0. The maximum absolute atomic E-state index is 12.3. The first kappa shape index (κ1) is 48.5. The number of carbonyl (C=O) groups excluding carboxylic acids is 2. The minimum Gasteiger partial charge on any atom is -0.462 e. The molecule has 51 heavy (non-hydrogen) atoms. The topological polar surface area (TPSA) is 140 Å². The molecule has 0 aromatic heterocycles. The summed E-state index contributed by atoms with van der Waals surface area (Å²) < 4.78 is 26.2. The Kier molecular flexibility index (Phi) is 32.8. The van der Waals surface area contributed by atoms with Gasteiger partial charge in [0.25, 0.3) is 0 Å². The van der Waals surface area contributed by atoms with E-state index in [0.29, 0.717) is 25.7 Å². The highest BCUT2D eigenvalue weighted by atomic mass is 31.2. The van der Waals surface area contributed by atoms with E-state index in [1.165, 1.54) is 44.9 Å². The van der Waals surface area contributed by atoms with Gasteiger partial charge in [-0.25, -0.2) is 4.57 Å². The van der Waals surface area contributed by atoms with Crippen molar-refractivity contribution in [1.82, 2.24) is 0 Å². The zero-order valence-corrected chi connectivity index (χ0v) is 32.6. The fourth-order valence-corrected chi connectivity index (χ4v) is 5.26. The summed E-state index contributed by atoms with van der Waals surface area (Å²) in [6.07, 6.45) is 39.6. The van der Waals surface area contributed by atoms with Gasteiger partial charge in [-0.05, 0) is 50.9 Å². The van der Waals surface area contributed by atoms with Crippen molar-refractivity contribution in [1.29, 1.82) is 0 Å². The number of aliphatic hydroxyl groups excluding tert-OH is 1. The Morgan fingerprint density at radius 1 is 0.667 bits per heavy atom. The van der Waals surface area contributed by atoms with Crippen molar-refractivity contribution in [3.8, 4) is 0 Å². The molecule has 3 N–H and O–H groups in total. The molecular weight excluding hydrogens is 667 g/mol. The van der Waals surface area contributed by atoms with Gasteiger partial charge in [0, 0.05) is 12.8 Å². The van der Waals surface area contributed by atoms with Crippen molar-refractivity contribution in [3.05, 3.63) is 72.9 Å². The van der Waals surface area contributed by atoms with Crippen molar-refractivity contribution in [3.63, 3.8) is 0 Å². The zero-order chi connectivity index (χ0) is 37.8. The third kappa shape index (κ3) is 38.5. The summed E-state index contributed by atoms with van der Waals surface area (Å²) in [5, 5.41) is 9.96. The molecule has 0 bridgehead atoms. The molecule has 292 valence electrons. The van der Waals surface area contributed by atoms with E-state index in [4.69, 9.17) is 19.3 Å². The number of rotatable bonds is 33. The molecule has 10 heteroatoms. The van der Waals surface area contributed by atoms with E-state index >= 15 is 0 Å². The van der Waals surface area contributed by atoms with E-state index in [9.17, 15) is 19.3 Å². The molecule has 0 radical (unpaired) electrons. The Morgan fingerprint density at radius 2 is 1.24 bits per heavy atom. The summed E-state index contributed by atoms with van der Waals surface area (Å²) >= 11 is 0. The summed E-state index contributed by atoms with van der Waals surface area (Å²) in [6, 6.07) is 0. The van der Waals surface area contributed by atoms with Gasteiger partial charge >= 0.3 is 19.8 Å². The first-order valence-corrected chi connectivity index (χ1v) is 20.7. The molecule has 0 spiro atoms. The van der Waals surface area contributed by atoms with Crippen molar-refractivity contribution >= 4 is 19.8 Å². The van der Waals surface area contributed by atoms with Gasteiger partial charge in [0.1, 0.15) is 6.61 Å². The fourth-order valence-electron chi connectivity index (χ4n) is 4.90. The Bertz CT molecular complexity index is 1080. The second-order valence-corrected chi connectivity index (χ2v) is 14.4. The highest BCUT2D eigenvalue weighted by molar-refractivity contribution is 7.46. The number of hydrogen-bond acceptors (Lipinski definition) is 7. The van der Waals surface area contributed by atoms with Gasteiger partial charge in [-0.15, -0.1) is 0 Å². The van der Waals surface area contributed by atoms with E-state index in [0.717, 1.165) is 44.4 Å². The molecule has 0 aliphatic heterocycles. The average molecular weight is 737 g/mol. The SMILES string of the molecule is CC/C=C\C/C=C\CC(O)/C=C/C=C\C/C=C\C/C=C\CCC(=O)O[C@H](COC(=O)CCCCCCCCCCCCC(C)C)COP(=O)(O)O. The second-order valence-electron chi connectivity index (χ2n) is 13.2. The average Bonchev–Trinajstić information content (AvgIpc) is 3.07. The molecule has 0 saturated heterocycles. The maximum atomic E-state index is 12.3. The lowest BCUT2D eigenvalue weighted by Gasteiger charge is -2.18. The number of phosphoric acid groups is 1. The number of ether oxygens (including phenoxy) is 2. The lowest BCUT2D eigenvalue weighted by molar-refractivity contribution is -0.161. The van der Waals surface area contributed by atoms with Crippen LogP contribution < -0.4 is 0 Å². The number of esters is 2. The molecule has 9 nitrogen and oxygen atoms in total. The predicted molar refractivity (Wildman–Crippen MR) is 208 cm³/mol. The van der Waals surface area contributed by atoms with Crippen LogP contribution in [0.25, 0.3) is 0 Å². The maximum Gasteiger partial charge on any atom is 0.469 e. The van der Waals surface area contributed by atoms with Gasteiger partial charge in [0.05, 0.1) is 12.7 Å². The monoisotopic (exact) mass is 736 g/mol. The molecule has 0 rings (SSSR count). The Morgan fingerprint density at radius 3 is 1.86 bits per heavy atom. The van der Waals surface area contributed by atoms with E-state index < -0.39 is 38.6 Å². The lowest BCUT2D eigenvalue weighted by Crippen LogP contribution is -2.29. The summed E-state index contributed by atoms with van der Waals surface area (Å²) in [6.45, 7) is 5.73. The molecular formula is C41H69O9P. The number of unbranched alkanes of at least 4 members (excludes halogenated alkanes) is 9. The van der Waals surface area contributed by atoms with Crippen LogP contribution in [-0.2, 0) is 28.2 Å². The quantitative estimate of drug-likeness (QED) is 0.0197. The van der Waals surface area contributed by atoms with Crippen LogP contribution in [0.15, 0.2) is 72.9 Å². The van der Waals surface area contributed by atoms with E-state index in [1.54, 1.807) is 6.08 Å². The Balaban J connectivity index is 4.19. The minimum atomic E-state index is -4.79. The third-order valence-electron chi connectivity index (χ3n) is 7.76. The number of phosphoric ester groups is 1. The highest BCUT2D eigenvalue weighted by Crippen LogP contribution is 2.36. The molecule has 0 aromatic rings. The second kappa shape index (κ2) is 34.5. The first-order chi connectivity index (χ1) is 24.5. The summed E-state index contributed by atoms with van der Waals surface area (Å²) in [4.78, 5) is 42.7. The van der Waals surface area contributed by atoms with Crippen molar-refractivity contribution in [2.45, 2.75) is 155 Å². The molecule has 0 saturated carbocycles. The molecule has 0 amide bonds. The van der Waals surface area contributed by atoms with Crippen LogP contribution in [0.5, 0.6) is 0 Å². The van der Waals surface area contributed by atoms with Crippen LogP contribution in [0, 0.1) is 5.92 Å². The van der Waals surface area contributed by atoms with E-state index in [-0.39, 0.29) is 19.4 Å². The van der Waals surface area contributed by atoms with Crippen LogP contribution in [0.3, 0.4) is 0 Å². The summed E-state index contributed by atoms with van der Waals surface area (Å²) in [5.41, 5.74) is 0. The largest absolute Gasteiger partial charge is 0.469 e. The van der Waals surface area contributed by atoms with Gasteiger partial charge < -0.3 is 24.4 Å². The van der Waals surface area contributed by atoms with E-state index in [1.807, 2.05) is 48.6 Å².